The SMILES string of the molecule is O=C(Oc1cccc(/C=C2\SC(=O)N(CC(=O)N3CCCC3)C2=O)c1)c1cc([N+](=O)[O-])cc([N+](=O)[O-])c1. The maximum atomic E-state index is 12.7. The van der Waals surface area contributed by atoms with Gasteiger partial charge < -0.3 is 9.64 Å². The molecule has 0 spiro atoms. The average Bonchev–Trinajstić information content (AvgIpc) is 3.49. The second-order valence-electron chi connectivity index (χ2n) is 8.07. The number of carbonyl (C=O) groups is 4. The lowest BCUT2D eigenvalue weighted by atomic mass is 10.1. The normalized spacial score (nSPS) is 16.4. The van der Waals surface area contributed by atoms with Crippen LogP contribution in [0.15, 0.2) is 47.4 Å². The van der Waals surface area contributed by atoms with Gasteiger partial charge >= 0.3 is 5.97 Å². The molecule has 0 N–H and O–H groups in total. The van der Waals surface area contributed by atoms with Crippen molar-refractivity contribution in [3.8, 4) is 5.75 Å². The number of nitro benzene ring substituents is 2. The van der Waals surface area contributed by atoms with Crippen LogP contribution in [0.25, 0.3) is 6.08 Å². The molecule has 2 fully saturated rings. The van der Waals surface area contributed by atoms with Crippen LogP contribution in [0.4, 0.5) is 16.2 Å². The van der Waals surface area contributed by atoms with E-state index in [-0.39, 0.29) is 23.1 Å². The summed E-state index contributed by atoms with van der Waals surface area (Å²) in [5, 5.41) is 21.6. The molecular formula is C23H18N4O9S. The van der Waals surface area contributed by atoms with Crippen molar-refractivity contribution in [2.75, 3.05) is 19.6 Å². The van der Waals surface area contributed by atoms with Gasteiger partial charge in [0.15, 0.2) is 0 Å². The fourth-order valence-corrected chi connectivity index (χ4v) is 4.59. The highest BCUT2D eigenvalue weighted by molar-refractivity contribution is 8.18. The van der Waals surface area contributed by atoms with Gasteiger partial charge in [0.05, 0.1) is 26.4 Å². The molecule has 2 aromatic rings. The third-order valence-corrected chi connectivity index (χ3v) is 6.46. The van der Waals surface area contributed by atoms with Crippen molar-refractivity contribution in [3.63, 3.8) is 0 Å². The van der Waals surface area contributed by atoms with E-state index in [2.05, 4.69) is 0 Å². The summed E-state index contributed by atoms with van der Waals surface area (Å²) in [6, 6.07) is 8.32. The van der Waals surface area contributed by atoms with Crippen molar-refractivity contribution in [3.05, 3.63) is 78.7 Å². The zero-order valence-corrected chi connectivity index (χ0v) is 19.8. The maximum absolute atomic E-state index is 12.7. The third-order valence-electron chi connectivity index (χ3n) is 5.55. The Hall–Kier alpha value is -4.59. The molecule has 2 aliphatic heterocycles. The number of imide groups is 1. The highest BCUT2D eigenvalue weighted by atomic mass is 32.2. The number of rotatable bonds is 7. The highest BCUT2D eigenvalue weighted by Gasteiger charge is 2.37. The van der Waals surface area contributed by atoms with Gasteiger partial charge in [0, 0.05) is 25.2 Å². The molecule has 0 aromatic heterocycles. The molecule has 3 amide bonds. The molecule has 13 nitrogen and oxygen atoms in total. The number of hydrogen-bond acceptors (Lipinski definition) is 10. The van der Waals surface area contributed by atoms with Crippen LogP contribution >= 0.6 is 11.8 Å². The topological polar surface area (TPSA) is 170 Å². The lowest BCUT2D eigenvalue weighted by Gasteiger charge is -2.18. The standard InChI is InChI=1S/C23H18N4O9S/c28-20(24-6-1-2-7-24)13-25-21(29)19(37-23(25)31)9-14-4-3-5-18(8-14)36-22(30)15-10-16(26(32)33)12-17(11-15)27(34)35/h3-5,8-12H,1-2,6-7,13H2/b19-9-. The number of non-ortho nitro benzene ring substituents is 2. The molecule has 0 unspecified atom stereocenters. The summed E-state index contributed by atoms with van der Waals surface area (Å²) < 4.78 is 5.22. The second-order valence-corrected chi connectivity index (χ2v) is 9.06. The van der Waals surface area contributed by atoms with Gasteiger partial charge in [-0.05, 0) is 48.4 Å². The Morgan fingerprint density at radius 2 is 1.65 bits per heavy atom. The van der Waals surface area contributed by atoms with Crippen LogP contribution in [0.3, 0.4) is 0 Å². The van der Waals surface area contributed by atoms with Crippen molar-refractivity contribution in [1.29, 1.82) is 0 Å². The molecule has 0 saturated carbocycles. The number of benzene rings is 2. The van der Waals surface area contributed by atoms with E-state index >= 15 is 0 Å². The monoisotopic (exact) mass is 526 g/mol. The Bertz CT molecular complexity index is 1340. The Morgan fingerprint density at radius 3 is 2.27 bits per heavy atom. The van der Waals surface area contributed by atoms with Crippen LogP contribution in [-0.2, 0) is 9.59 Å². The second kappa shape index (κ2) is 10.6. The molecular weight excluding hydrogens is 508 g/mol. The summed E-state index contributed by atoms with van der Waals surface area (Å²) in [5.74, 6) is -1.98. The van der Waals surface area contributed by atoms with Crippen molar-refractivity contribution in [2.24, 2.45) is 0 Å². The number of likely N-dealkylation sites (tertiary alicyclic amines) is 1. The zero-order chi connectivity index (χ0) is 26.7. The summed E-state index contributed by atoms with van der Waals surface area (Å²) in [6.07, 6.45) is 3.17. The quantitative estimate of drug-likeness (QED) is 0.171. The van der Waals surface area contributed by atoms with E-state index < -0.39 is 43.9 Å². The van der Waals surface area contributed by atoms with E-state index in [0.717, 1.165) is 35.9 Å². The zero-order valence-electron chi connectivity index (χ0n) is 19.0. The molecule has 0 radical (unpaired) electrons. The highest BCUT2D eigenvalue weighted by Crippen LogP contribution is 2.33. The summed E-state index contributed by atoms with van der Waals surface area (Å²) in [6.45, 7) is 0.856. The fourth-order valence-electron chi connectivity index (χ4n) is 3.75. The van der Waals surface area contributed by atoms with Crippen LogP contribution in [0, 0.1) is 20.2 Å². The number of nitrogens with zero attached hydrogens (tertiary/aromatic N) is 4. The first-order valence-electron chi connectivity index (χ1n) is 10.9. The van der Waals surface area contributed by atoms with Crippen LogP contribution in [0.2, 0.25) is 0 Å². The van der Waals surface area contributed by atoms with Crippen molar-refractivity contribution < 1.29 is 33.8 Å². The van der Waals surface area contributed by atoms with Gasteiger partial charge in [-0.15, -0.1) is 0 Å². The number of thioether (sulfide) groups is 1. The van der Waals surface area contributed by atoms with Gasteiger partial charge in [0.25, 0.3) is 22.5 Å². The molecule has 2 aliphatic rings. The van der Waals surface area contributed by atoms with Gasteiger partial charge in [-0.3, -0.25) is 39.5 Å². The molecule has 0 atom stereocenters. The molecule has 37 heavy (non-hydrogen) atoms. The molecule has 190 valence electrons. The molecule has 14 heteroatoms. The average molecular weight is 526 g/mol. The molecule has 2 aromatic carbocycles. The van der Waals surface area contributed by atoms with Gasteiger partial charge in [0.2, 0.25) is 5.91 Å². The van der Waals surface area contributed by atoms with E-state index in [1.165, 1.54) is 24.3 Å². The Labute approximate surface area is 213 Å². The minimum atomic E-state index is -1.07. The number of hydrogen-bond donors (Lipinski definition) is 0. The van der Waals surface area contributed by atoms with Gasteiger partial charge in [0.1, 0.15) is 12.3 Å². The number of ether oxygens (including phenoxy) is 1. The summed E-state index contributed by atoms with van der Waals surface area (Å²) in [7, 11) is 0. The third kappa shape index (κ3) is 5.81. The van der Waals surface area contributed by atoms with Gasteiger partial charge in [-0.2, -0.15) is 0 Å². The van der Waals surface area contributed by atoms with Crippen LogP contribution in [0.5, 0.6) is 5.75 Å². The molecule has 0 bridgehead atoms. The lowest BCUT2D eigenvalue weighted by Crippen LogP contribution is -2.40. The molecule has 0 aliphatic carbocycles. The molecule has 4 rings (SSSR count). The molecule has 2 saturated heterocycles. The largest absolute Gasteiger partial charge is 0.423 e. The predicted octanol–water partition coefficient (Wildman–Crippen LogP) is 3.38. The molecule has 2 heterocycles. The summed E-state index contributed by atoms with van der Waals surface area (Å²) >= 11 is 0.679. The first kappa shape index (κ1) is 25.5. The van der Waals surface area contributed by atoms with Crippen LogP contribution < -0.4 is 4.74 Å². The number of amides is 3. The number of carbonyl (C=O) groups excluding carboxylic acids is 4. The van der Waals surface area contributed by atoms with Gasteiger partial charge in [-0.1, -0.05) is 12.1 Å². The predicted molar refractivity (Wildman–Crippen MR) is 130 cm³/mol. The Balaban J connectivity index is 1.49. The Kier molecular flexibility index (Phi) is 7.29. The fraction of sp³-hybridized carbons (Fsp3) is 0.217. The number of esters is 1. The van der Waals surface area contributed by atoms with Gasteiger partial charge in [-0.25, -0.2) is 4.79 Å². The van der Waals surface area contributed by atoms with Crippen molar-refractivity contribution >= 4 is 52.2 Å². The first-order chi connectivity index (χ1) is 17.6. The van der Waals surface area contributed by atoms with E-state index in [1.807, 2.05) is 0 Å². The van der Waals surface area contributed by atoms with Crippen LogP contribution in [0.1, 0.15) is 28.8 Å². The van der Waals surface area contributed by atoms with Crippen molar-refractivity contribution in [2.45, 2.75) is 12.8 Å². The van der Waals surface area contributed by atoms with E-state index in [9.17, 15) is 39.4 Å². The smallest absolute Gasteiger partial charge is 0.344 e. The van der Waals surface area contributed by atoms with E-state index in [0.29, 0.717) is 30.4 Å². The number of nitro groups is 2. The summed E-state index contributed by atoms with van der Waals surface area (Å²) in [4.78, 5) is 73.0. The summed E-state index contributed by atoms with van der Waals surface area (Å²) in [5.41, 5.74) is -1.29. The maximum Gasteiger partial charge on any atom is 0.344 e. The van der Waals surface area contributed by atoms with Crippen molar-refractivity contribution in [1.82, 2.24) is 9.80 Å². The van der Waals surface area contributed by atoms with Crippen LogP contribution in [-0.4, -0.2) is 62.3 Å². The van der Waals surface area contributed by atoms with E-state index in [4.69, 9.17) is 4.74 Å². The Morgan fingerprint density at radius 1 is 1.00 bits per heavy atom. The van der Waals surface area contributed by atoms with E-state index in [1.54, 1.807) is 11.0 Å². The first-order valence-corrected chi connectivity index (χ1v) is 11.7. The minimum Gasteiger partial charge on any atom is -0.423 e. The lowest BCUT2D eigenvalue weighted by molar-refractivity contribution is -0.394. The minimum absolute atomic E-state index is 0.00338.